The van der Waals surface area contributed by atoms with Crippen LogP contribution in [-0.4, -0.2) is 30.5 Å². The molecule has 4 nitrogen and oxygen atoms in total. The highest BCUT2D eigenvalue weighted by Crippen LogP contribution is 2.39. The fraction of sp³-hybridized carbons (Fsp3) is 0.556. The van der Waals surface area contributed by atoms with Gasteiger partial charge in [0.1, 0.15) is 5.75 Å². The number of fused-ring (bicyclic) bond motifs is 1. The summed E-state index contributed by atoms with van der Waals surface area (Å²) in [6, 6.07) is 8.10. The van der Waals surface area contributed by atoms with Crippen molar-refractivity contribution in [3.05, 3.63) is 29.3 Å². The molecule has 116 valence electrons. The molecule has 2 heterocycles. The van der Waals surface area contributed by atoms with Crippen molar-refractivity contribution in [1.29, 1.82) is 5.26 Å². The molecule has 1 fully saturated rings. The molecule has 0 aliphatic carbocycles. The lowest BCUT2D eigenvalue weighted by Gasteiger charge is -2.35. The van der Waals surface area contributed by atoms with Crippen LogP contribution in [0.5, 0.6) is 5.75 Å². The summed E-state index contributed by atoms with van der Waals surface area (Å²) in [5, 5.41) is 9.19. The van der Waals surface area contributed by atoms with E-state index in [-0.39, 0.29) is 16.7 Å². The van der Waals surface area contributed by atoms with E-state index in [4.69, 9.17) is 4.74 Å². The zero-order valence-corrected chi connectivity index (χ0v) is 13.5. The van der Waals surface area contributed by atoms with E-state index in [0.29, 0.717) is 19.7 Å². The Bertz CT molecular complexity index is 650. The first-order chi connectivity index (χ1) is 10.3. The lowest BCUT2D eigenvalue weighted by atomic mass is 9.82. The molecule has 1 aromatic rings. The maximum Gasteiger partial charge on any atom is 0.253 e. The summed E-state index contributed by atoms with van der Waals surface area (Å²) in [5.41, 5.74) is 1.49. The molecule has 22 heavy (non-hydrogen) atoms. The van der Waals surface area contributed by atoms with Gasteiger partial charge in [0.2, 0.25) is 0 Å². The van der Waals surface area contributed by atoms with E-state index in [0.717, 1.165) is 29.7 Å². The third-order valence-corrected chi connectivity index (χ3v) is 4.97. The number of ether oxygens (including phenoxy) is 1. The van der Waals surface area contributed by atoms with Gasteiger partial charge in [-0.2, -0.15) is 5.26 Å². The first-order valence-electron chi connectivity index (χ1n) is 7.83. The molecular formula is C18H22N2O2. The molecule has 0 bridgehead atoms. The number of nitriles is 1. The summed E-state index contributed by atoms with van der Waals surface area (Å²) in [6.07, 6.45) is 1.49. The van der Waals surface area contributed by atoms with Crippen molar-refractivity contribution in [2.75, 3.05) is 19.7 Å². The minimum absolute atomic E-state index is 0.0487. The fourth-order valence-corrected chi connectivity index (χ4v) is 3.15. The van der Waals surface area contributed by atoms with E-state index in [1.807, 2.05) is 30.0 Å². The Hall–Kier alpha value is -2.02. The Morgan fingerprint density at radius 2 is 1.95 bits per heavy atom. The van der Waals surface area contributed by atoms with Crippen LogP contribution >= 0.6 is 0 Å². The van der Waals surface area contributed by atoms with Crippen molar-refractivity contribution < 1.29 is 9.53 Å². The number of carbonyl (C=O) groups excluding carboxylic acids is 1. The van der Waals surface area contributed by atoms with Crippen LogP contribution in [0.15, 0.2) is 18.2 Å². The SMILES string of the molecule is CC1(C#N)CCN(C(=O)c2ccc3c(c2)C(C)(C)CO3)CC1. The van der Waals surface area contributed by atoms with Gasteiger partial charge in [-0.1, -0.05) is 13.8 Å². The van der Waals surface area contributed by atoms with Crippen molar-refractivity contribution >= 4 is 5.91 Å². The third-order valence-electron chi connectivity index (χ3n) is 4.97. The highest BCUT2D eigenvalue weighted by Gasteiger charge is 2.35. The van der Waals surface area contributed by atoms with E-state index in [2.05, 4.69) is 19.9 Å². The predicted octanol–water partition coefficient (Wildman–Crippen LogP) is 3.12. The van der Waals surface area contributed by atoms with Crippen LogP contribution in [0.3, 0.4) is 0 Å². The van der Waals surface area contributed by atoms with Crippen molar-refractivity contribution in [3.63, 3.8) is 0 Å². The second-order valence-corrected chi connectivity index (χ2v) is 7.35. The second-order valence-electron chi connectivity index (χ2n) is 7.35. The monoisotopic (exact) mass is 298 g/mol. The van der Waals surface area contributed by atoms with Crippen LogP contribution in [0.2, 0.25) is 0 Å². The number of piperidine rings is 1. The Morgan fingerprint density at radius 3 is 2.59 bits per heavy atom. The molecule has 0 unspecified atom stereocenters. The van der Waals surface area contributed by atoms with E-state index in [9.17, 15) is 10.1 Å². The van der Waals surface area contributed by atoms with Crippen LogP contribution < -0.4 is 4.74 Å². The molecule has 0 N–H and O–H groups in total. The minimum atomic E-state index is -0.287. The van der Waals surface area contributed by atoms with E-state index in [1.165, 1.54) is 0 Å². The highest BCUT2D eigenvalue weighted by atomic mass is 16.5. The molecule has 0 saturated carbocycles. The molecule has 1 amide bonds. The molecule has 0 radical (unpaired) electrons. The molecule has 1 aromatic carbocycles. The number of likely N-dealkylation sites (tertiary alicyclic amines) is 1. The van der Waals surface area contributed by atoms with Crippen molar-refractivity contribution in [1.82, 2.24) is 4.90 Å². The van der Waals surface area contributed by atoms with Gasteiger partial charge in [-0.25, -0.2) is 0 Å². The minimum Gasteiger partial charge on any atom is -0.492 e. The second kappa shape index (κ2) is 5.01. The van der Waals surface area contributed by atoms with Gasteiger partial charge in [0.25, 0.3) is 5.91 Å². The zero-order chi connectivity index (χ0) is 16.0. The van der Waals surface area contributed by atoms with Gasteiger partial charge < -0.3 is 9.64 Å². The average Bonchev–Trinajstić information content (AvgIpc) is 2.82. The van der Waals surface area contributed by atoms with Crippen LogP contribution in [0, 0.1) is 16.7 Å². The molecule has 3 rings (SSSR count). The van der Waals surface area contributed by atoms with Gasteiger partial charge in [0.05, 0.1) is 18.1 Å². The summed E-state index contributed by atoms with van der Waals surface area (Å²) in [6.45, 7) is 8.20. The number of benzene rings is 1. The first kappa shape index (κ1) is 14.9. The summed E-state index contributed by atoms with van der Waals surface area (Å²) in [5.74, 6) is 0.947. The summed E-state index contributed by atoms with van der Waals surface area (Å²) < 4.78 is 5.67. The van der Waals surface area contributed by atoms with Gasteiger partial charge in [-0.3, -0.25) is 4.79 Å². The van der Waals surface area contributed by atoms with Gasteiger partial charge in [-0.15, -0.1) is 0 Å². The first-order valence-corrected chi connectivity index (χ1v) is 7.83. The molecule has 1 saturated heterocycles. The number of rotatable bonds is 1. The van der Waals surface area contributed by atoms with Crippen LogP contribution in [0.25, 0.3) is 0 Å². The Balaban J connectivity index is 1.79. The summed E-state index contributed by atoms with van der Waals surface area (Å²) in [7, 11) is 0. The predicted molar refractivity (Wildman–Crippen MR) is 83.8 cm³/mol. The largest absolute Gasteiger partial charge is 0.492 e. The number of hydrogen-bond donors (Lipinski definition) is 0. The zero-order valence-electron chi connectivity index (χ0n) is 13.5. The lowest BCUT2D eigenvalue weighted by molar-refractivity contribution is 0.0661. The summed E-state index contributed by atoms with van der Waals surface area (Å²) in [4.78, 5) is 14.6. The molecule has 0 atom stereocenters. The van der Waals surface area contributed by atoms with Crippen molar-refractivity contribution in [2.24, 2.45) is 5.41 Å². The van der Waals surface area contributed by atoms with Gasteiger partial charge >= 0.3 is 0 Å². The van der Waals surface area contributed by atoms with Crippen molar-refractivity contribution in [3.8, 4) is 11.8 Å². The molecule has 0 spiro atoms. The van der Waals surface area contributed by atoms with E-state index in [1.54, 1.807) is 0 Å². The van der Waals surface area contributed by atoms with Gasteiger partial charge in [0, 0.05) is 29.6 Å². The standard InChI is InChI=1S/C18H22N2O2/c1-17(2)12-22-15-5-4-13(10-14(15)17)16(21)20-8-6-18(3,11-19)7-9-20/h4-5,10H,6-9,12H2,1-3H3. The summed E-state index contributed by atoms with van der Waals surface area (Å²) >= 11 is 0. The Kier molecular flexibility index (Phi) is 3.40. The van der Waals surface area contributed by atoms with E-state index < -0.39 is 0 Å². The number of carbonyl (C=O) groups is 1. The fourth-order valence-electron chi connectivity index (χ4n) is 3.15. The number of amides is 1. The maximum absolute atomic E-state index is 12.7. The highest BCUT2D eigenvalue weighted by molar-refractivity contribution is 5.94. The quantitative estimate of drug-likeness (QED) is 0.800. The van der Waals surface area contributed by atoms with E-state index >= 15 is 0 Å². The Morgan fingerprint density at radius 1 is 1.27 bits per heavy atom. The Labute approximate surface area is 131 Å². The molecule has 2 aliphatic heterocycles. The topological polar surface area (TPSA) is 53.3 Å². The molecule has 4 heteroatoms. The average molecular weight is 298 g/mol. The lowest BCUT2D eigenvalue weighted by Crippen LogP contribution is -2.41. The van der Waals surface area contributed by atoms with Gasteiger partial charge in [-0.05, 0) is 38.0 Å². The van der Waals surface area contributed by atoms with Crippen LogP contribution in [0.1, 0.15) is 49.5 Å². The van der Waals surface area contributed by atoms with Crippen LogP contribution in [-0.2, 0) is 5.41 Å². The van der Waals surface area contributed by atoms with Crippen molar-refractivity contribution in [2.45, 2.75) is 39.0 Å². The third kappa shape index (κ3) is 2.45. The number of hydrogen-bond acceptors (Lipinski definition) is 3. The molecule has 0 aromatic heterocycles. The molecule has 2 aliphatic rings. The maximum atomic E-state index is 12.7. The number of nitrogens with zero attached hydrogens (tertiary/aromatic N) is 2. The van der Waals surface area contributed by atoms with Crippen LogP contribution in [0.4, 0.5) is 0 Å². The molecular weight excluding hydrogens is 276 g/mol. The van der Waals surface area contributed by atoms with Gasteiger partial charge in [0.15, 0.2) is 0 Å². The smallest absolute Gasteiger partial charge is 0.253 e. The normalized spacial score (nSPS) is 21.6.